The predicted molar refractivity (Wildman–Crippen MR) is 103 cm³/mol. The Morgan fingerprint density at radius 2 is 1.45 bits per heavy atom. The summed E-state index contributed by atoms with van der Waals surface area (Å²) in [5.74, 6) is 0.950. The van der Waals surface area contributed by atoms with Crippen molar-refractivity contribution in [3.05, 3.63) is 0 Å². The number of nitrogens with zero attached hydrogens (tertiary/aromatic N) is 1. The van der Waals surface area contributed by atoms with E-state index < -0.39 is 0 Å². The second-order valence-electron chi connectivity index (χ2n) is 6.14. The molecule has 22 heavy (non-hydrogen) atoms. The summed E-state index contributed by atoms with van der Waals surface area (Å²) < 4.78 is 0. The number of nitriles is 1. The molecule has 134 valence electrons. The topological polar surface area (TPSA) is 23.8 Å². The minimum absolute atomic E-state index is 0.731. The zero-order chi connectivity index (χ0) is 17.9. The van der Waals surface area contributed by atoms with E-state index in [2.05, 4.69) is 33.8 Å². The van der Waals surface area contributed by atoms with Gasteiger partial charge in [-0.3, -0.25) is 0 Å². The van der Waals surface area contributed by atoms with Gasteiger partial charge >= 0.3 is 0 Å². The number of unbranched alkanes of at least 4 members (excludes halogenated alkanes) is 5. The second-order valence-corrected chi connectivity index (χ2v) is 6.14. The number of rotatable bonds is 7. The van der Waals surface area contributed by atoms with E-state index in [1.165, 1.54) is 51.4 Å². The molecule has 0 spiro atoms. The maximum absolute atomic E-state index is 8.17. The monoisotopic (exact) mass is 311 g/mol. The molecule has 0 saturated heterocycles. The molecule has 1 aliphatic carbocycles. The molecule has 0 aliphatic heterocycles. The van der Waals surface area contributed by atoms with Crippen LogP contribution in [0.15, 0.2) is 0 Å². The van der Waals surface area contributed by atoms with Crippen LogP contribution in [0.5, 0.6) is 0 Å². The van der Waals surface area contributed by atoms with Crippen molar-refractivity contribution in [3.63, 3.8) is 0 Å². The third kappa shape index (κ3) is 14.4. The van der Waals surface area contributed by atoms with E-state index >= 15 is 0 Å². The molecule has 1 heteroatoms. The van der Waals surface area contributed by atoms with Crippen LogP contribution in [-0.4, -0.2) is 0 Å². The molecule has 0 N–H and O–H groups in total. The third-order valence-corrected chi connectivity index (χ3v) is 4.69. The molecule has 0 amide bonds. The van der Waals surface area contributed by atoms with Crippen LogP contribution < -0.4 is 0 Å². The number of hydrogen-bond acceptors (Lipinski definition) is 1. The van der Waals surface area contributed by atoms with Crippen molar-refractivity contribution in [2.45, 2.75) is 120 Å². The lowest BCUT2D eigenvalue weighted by Crippen LogP contribution is -2.32. The Hall–Kier alpha value is -0.510. The SMILES string of the molecule is CC.CC.CCC(C)C1(C)CCC1.CCCCCCCC#N. The molecular weight excluding hydrogens is 266 g/mol. The fourth-order valence-corrected chi connectivity index (χ4v) is 2.53. The Balaban J connectivity index is -0.000000267. The van der Waals surface area contributed by atoms with E-state index in [-0.39, 0.29) is 0 Å². The zero-order valence-corrected chi connectivity index (χ0v) is 17.1. The van der Waals surface area contributed by atoms with Gasteiger partial charge < -0.3 is 0 Å². The van der Waals surface area contributed by atoms with Gasteiger partial charge in [0.15, 0.2) is 0 Å². The van der Waals surface area contributed by atoms with Crippen molar-refractivity contribution in [2.75, 3.05) is 0 Å². The lowest BCUT2D eigenvalue weighted by molar-refractivity contribution is 0.0798. The summed E-state index contributed by atoms with van der Waals surface area (Å²) in [6.07, 6.45) is 12.8. The molecule has 1 aliphatic rings. The Kier molecular flexibility index (Phi) is 24.6. The predicted octanol–water partition coefficient (Wildman–Crippen LogP) is 8.15. The first-order valence-corrected chi connectivity index (χ1v) is 9.97. The summed E-state index contributed by atoms with van der Waals surface area (Å²) in [7, 11) is 0. The van der Waals surface area contributed by atoms with Gasteiger partial charge in [-0.15, -0.1) is 0 Å². The highest BCUT2D eigenvalue weighted by Gasteiger charge is 2.35. The standard InChI is InChI=1S/C9H18.C8H15N.2C2H6/c1-4-8(2)9(3)6-5-7-9;1-2-3-4-5-6-7-8-9;2*1-2/h8H,4-7H2,1-3H3;2-7H2,1H3;2*1-2H3. The minimum Gasteiger partial charge on any atom is -0.198 e. The Bertz CT molecular complexity index is 223. The quantitative estimate of drug-likeness (QED) is 0.435. The van der Waals surface area contributed by atoms with Gasteiger partial charge in [0.1, 0.15) is 0 Å². The summed E-state index contributed by atoms with van der Waals surface area (Å²) >= 11 is 0. The second kappa shape index (κ2) is 20.5. The third-order valence-electron chi connectivity index (χ3n) is 4.69. The smallest absolute Gasteiger partial charge is 0.0621 e. The van der Waals surface area contributed by atoms with E-state index in [4.69, 9.17) is 5.26 Å². The van der Waals surface area contributed by atoms with Gasteiger partial charge in [0.2, 0.25) is 0 Å². The molecule has 0 aromatic heterocycles. The van der Waals surface area contributed by atoms with Crippen molar-refractivity contribution in [3.8, 4) is 6.07 Å². The lowest BCUT2D eigenvalue weighted by Gasteiger charge is -2.43. The zero-order valence-electron chi connectivity index (χ0n) is 17.1. The average Bonchev–Trinajstić information content (AvgIpc) is 2.56. The first-order chi connectivity index (χ1) is 10.6. The summed E-state index contributed by atoms with van der Waals surface area (Å²) in [6, 6.07) is 2.14. The highest BCUT2D eigenvalue weighted by Crippen LogP contribution is 2.47. The highest BCUT2D eigenvalue weighted by molar-refractivity contribution is 4.86. The summed E-state index contributed by atoms with van der Waals surface area (Å²) in [6.45, 7) is 17.3. The van der Waals surface area contributed by atoms with E-state index in [1.54, 1.807) is 0 Å². The van der Waals surface area contributed by atoms with Crippen LogP contribution in [0, 0.1) is 22.7 Å². The molecule has 0 radical (unpaired) electrons. The molecule has 1 fully saturated rings. The number of hydrogen-bond donors (Lipinski definition) is 0. The molecule has 0 aromatic carbocycles. The van der Waals surface area contributed by atoms with Crippen LogP contribution in [0.1, 0.15) is 120 Å². The van der Waals surface area contributed by atoms with Gasteiger partial charge in [-0.2, -0.15) is 5.26 Å². The Morgan fingerprint density at radius 3 is 1.73 bits per heavy atom. The van der Waals surface area contributed by atoms with Crippen LogP contribution in [0.2, 0.25) is 0 Å². The Labute approximate surface area is 142 Å². The maximum atomic E-state index is 8.17. The van der Waals surface area contributed by atoms with Gasteiger partial charge in [-0.1, -0.05) is 93.9 Å². The first-order valence-electron chi connectivity index (χ1n) is 9.97. The molecule has 0 aromatic rings. The molecule has 0 heterocycles. The van der Waals surface area contributed by atoms with Crippen LogP contribution in [-0.2, 0) is 0 Å². The van der Waals surface area contributed by atoms with E-state index in [0.29, 0.717) is 0 Å². The van der Waals surface area contributed by atoms with Crippen molar-refractivity contribution in [2.24, 2.45) is 11.3 Å². The van der Waals surface area contributed by atoms with E-state index in [0.717, 1.165) is 24.2 Å². The molecular formula is C21H45N. The van der Waals surface area contributed by atoms with E-state index in [1.807, 2.05) is 27.7 Å². The van der Waals surface area contributed by atoms with Crippen molar-refractivity contribution in [1.82, 2.24) is 0 Å². The fraction of sp³-hybridized carbons (Fsp3) is 0.952. The van der Waals surface area contributed by atoms with Crippen molar-refractivity contribution >= 4 is 0 Å². The average molecular weight is 312 g/mol. The lowest BCUT2D eigenvalue weighted by atomic mass is 9.62. The van der Waals surface area contributed by atoms with Crippen LogP contribution in [0.3, 0.4) is 0 Å². The summed E-state index contributed by atoms with van der Waals surface area (Å²) in [5, 5.41) is 8.17. The van der Waals surface area contributed by atoms with Crippen molar-refractivity contribution in [1.29, 1.82) is 5.26 Å². The largest absolute Gasteiger partial charge is 0.198 e. The minimum atomic E-state index is 0.731. The molecule has 1 nitrogen and oxygen atoms in total. The summed E-state index contributed by atoms with van der Waals surface area (Å²) in [4.78, 5) is 0. The van der Waals surface area contributed by atoms with Gasteiger partial charge in [0.25, 0.3) is 0 Å². The molecule has 1 unspecified atom stereocenters. The van der Waals surface area contributed by atoms with Gasteiger partial charge in [-0.05, 0) is 30.6 Å². The van der Waals surface area contributed by atoms with Crippen LogP contribution in [0.25, 0.3) is 0 Å². The molecule has 1 rings (SSSR count). The fourth-order valence-electron chi connectivity index (χ4n) is 2.53. The first kappa shape index (κ1) is 26.4. The van der Waals surface area contributed by atoms with Gasteiger partial charge in [-0.25, -0.2) is 0 Å². The summed E-state index contributed by atoms with van der Waals surface area (Å²) in [5.41, 5.74) is 0.731. The van der Waals surface area contributed by atoms with E-state index in [9.17, 15) is 0 Å². The van der Waals surface area contributed by atoms with Crippen LogP contribution >= 0.6 is 0 Å². The van der Waals surface area contributed by atoms with Gasteiger partial charge in [0.05, 0.1) is 6.07 Å². The van der Waals surface area contributed by atoms with Gasteiger partial charge in [0, 0.05) is 6.42 Å². The highest BCUT2D eigenvalue weighted by atomic mass is 14.4. The maximum Gasteiger partial charge on any atom is 0.0621 e. The van der Waals surface area contributed by atoms with Crippen molar-refractivity contribution < 1.29 is 0 Å². The molecule has 0 bridgehead atoms. The normalized spacial score (nSPS) is 15.2. The molecule has 1 atom stereocenters. The van der Waals surface area contributed by atoms with Crippen LogP contribution in [0.4, 0.5) is 0 Å². The molecule has 1 saturated carbocycles. The Morgan fingerprint density at radius 1 is 0.955 bits per heavy atom.